The van der Waals surface area contributed by atoms with Crippen molar-refractivity contribution in [1.29, 1.82) is 0 Å². The molecule has 0 aromatic carbocycles. The molecule has 0 spiro atoms. The first-order valence-corrected chi connectivity index (χ1v) is 8.37. The maximum atomic E-state index is 14.5. The normalized spacial score (nSPS) is 22.2. The van der Waals surface area contributed by atoms with Crippen LogP contribution in [-0.2, 0) is 4.79 Å². The number of rotatable bonds is 3. The Bertz CT molecular complexity index is 886. The second kappa shape index (κ2) is 6.74. The van der Waals surface area contributed by atoms with Crippen LogP contribution in [0.3, 0.4) is 0 Å². The second-order valence-corrected chi connectivity index (χ2v) is 6.64. The van der Waals surface area contributed by atoms with Crippen molar-refractivity contribution < 1.29 is 14.0 Å². The number of carbonyl (C=O) groups excluding carboxylic acids is 2. The number of likely N-dealkylation sites (tertiary alicyclic amines) is 1. The minimum atomic E-state index is -0.714. The number of primary amides is 1. The van der Waals surface area contributed by atoms with Crippen LogP contribution in [0.25, 0.3) is 5.57 Å². The van der Waals surface area contributed by atoms with Gasteiger partial charge in [-0.15, -0.1) is 0 Å². The number of nitrogens with zero attached hydrogens (tertiary/aromatic N) is 2. The Hall–Kier alpha value is -2.96. The summed E-state index contributed by atoms with van der Waals surface area (Å²) in [4.78, 5) is 29.6. The number of allylic oxidation sites excluding steroid dienone is 5. The van der Waals surface area contributed by atoms with Crippen molar-refractivity contribution in [1.82, 2.24) is 9.88 Å². The van der Waals surface area contributed by atoms with E-state index in [4.69, 9.17) is 11.5 Å². The largest absolute Gasteiger partial charge is 0.397 e. The molecule has 1 aromatic heterocycles. The molecule has 7 heteroatoms. The summed E-state index contributed by atoms with van der Waals surface area (Å²) in [6.45, 7) is 2.47. The van der Waals surface area contributed by atoms with Gasteiger partial charge in [0.2, 0.25) is 5.91 Å². The molecule has 1 aromatic rings. The van der Waals surface area contributed by atoms with Gasteiger partial charge >= 0.3 is 0 Å². The van der Waals surface area contributed by atoms with Crippen LogP contribution in [0.2, 0.25) is 0 Å². The van der Waals surface area contributed by atoms with Crippen LogP contribution >= 0.6 is 0 Å². The molecule has 2 aliphatic rings. The van der Waals surface area contributed by atoms with Gasteiger partial charge in [-0.1, -0.05) is 11.6 Å². The van der Waals surface area contributed by atoms with Gasteiger partial charge in [-0.05, 0) is 42.7 Å². The zero-order valence-corrected chi connectivity index (χ0v) is 14.8. The predicted molar refractivity (Wildman–Crippen MR) is 97.4 cm³/mol. The zero-order chi connectivity index (χ0) is 19.0. The molecular weight excluding hydrogens is 335 g/mol. The van der Waals surface area contributed by atoms with Crippen molar-refractivity contribution in [3.05, 3.63) is 52.6 Å². The van der Waals surface area contributed by atoms with Gasteiger partial charge in [0.1, 0.15) is 5.83 Å². The van der Waals surface area contributed by atoms with E-state index >= 15 is 0 Å². The lowest BCUT2D eigenvalue weighted by molar-refractivity contribution is -0.128. The Morgan fingerprint density at radius 1 is 1.35 bits per heavy atom. The second-order valence-electron chi connectivity index (χ2n) is 6.64. The van der Waals surface area contributed by atoms with E-state index in [-0.39, 0.29) is 35.5 Å². The van der Waals surface area contributed by atoms with Crippen molar-refractivity contribution in [2.75, 3.05) is 19.3 Å². The highest BCUT2D eigenvalue weighted by atomic mass is 19.1. The van der Waals surface area contributed by atoms with Crippen molar-refractivity contribution >= 4 is 23.1 Å². The molecule has 0 bridgehead atoms. The van der Waals surface area contributed by atoms with Crippen LogP contribution in [0, 0.1) is 5.92 Å². The Kier molecular flexibility index (Phi) is 4.63. The molecule has 1 aliphatic carbocycles. The first kappa shape index (κ1) is 17.8. The third kappa shape index (κ3) is 3.12. The molecule has 0 saturated carbocycles. The number of nitrogen functional groups attached to an aromatic ring is 1. The maximum Gasteiger partial charge on any atom is 0.269 e. The molecule has 26 heavy (non-hydrogen) atoms. The molecular formula is C19H21FN4O2. The summed E-state index contributed by atoms with van der Waals surface area (Å²) < 4.78 is 14.5. The smallest absolute Gasteiger partial charge is 0.269 e. The fraction of sp³-hybridized carbons (Fsp3) is 0.316. The average molecular weight is 356 g/mol. The van der Waals surface area contributed by atoms with Crippen LogP contribution < -0.4 is 11.5 Å². The zero-order valence-electron chi connectivity index (χ0n) is 14.8. The number of anilines is 1. The lowest BCUT2D eigenvalue weighted by Gasteiger charge is -2.20. The van der Waals surface area contributed by atoms with Crippen LogP contribution in [0.5, 0.6) is 0 Å². The van der Waals surface area contributed by atoms with Crippen molar-refractivity contribution in [2.24, 2.45) is 11.7 Å². The molecule has 136 valence electrons. The molecule has 4 N–H and O–H groups in total. The summed E-state index contributed by atoms with van der Waals surface area (Å²) >= 11 is 0. The maximum absolute atomic E-state index is 14.5. The standard InChI is InChI=1S/C19H21FN4O2/c1-10(12-7-8-24(2)19(12)26)13-9-11(3-4-14(13)20)16-6-5-15(21)17(23-16)18(22)25/h3-6,12H,7-9,21H2,1-2H3,(H2,22,25). The highest BCUT2D eigenvalue weighted by Gasteiger charge is 2.32. The van der Waals surface area contributed by atoms with E-state index in [1.54, 1.807) is 37.1 Å². The summed E-state index contributed by atoms with van der Waals surface area (Å²) in [6.07, 6.45) is 3.96. The average Bonchev–Trinajstić information content (AvgIpc) is 2.94. The number of hydrogen-bond donors (Lipinski definition) is 2. The highest BCUT2D eigenvalue weighted by Crippen LogP contribution is 2.37. The number of nitrogens with two attached hydrogens (primary N) is 2. The minimum Gasteiger partial charge on any atom is -0.397 e. The van der Waals surface area contributed by atoms with Gasteiger partial charge < -0.3 is 16.4 Å². The first-order valence-electron chi connectivity index (χ1n) is 8.37. The Morgan fingerprint density at radius 3 is 2.69 bits per heavy atom. The quantitative estimate of drug-likeness (QED) is 0.866. The van der Waals surface area contributed by atoms with Gasteiger partial charge in [-0.25, -0.2) is 9.37 Å². The van der Waals surface area contributed by atoms with E-state index in [0.717, 1.165) is 11.1 Å². The number of carbonyl (C=O) groups is 2. The summed E-state index contributed by atoms with van der Waals surface area (Å²) in [7, 11) is 1.75. The fourth-order valence-electron chi connectivity index (χ4n) is 3.39. The van der Waals surface area contributed by atoms with Gasteiger partial charge in [0, 0.05) is 20.0 Å². The minimum absolute atomic E-state index is 0.00623. The van der Waals surface area contributed by atoms with Crippen LogP contribution in [-0.4, -0.2) is 35.3 Å². The molecule has 2 amide bonds. The monoisotopic (exact) mass is 356 g/mol. The van der Waals surface area contributed by atoms with Crippen molar-refractivity contribution in [3.8, 4) is 0 Å². The van der Waals surface area contributed by atoms with Crippen molar-refractivity contribution in [2.45, 2.75) is 19.8 Å². The fourth-order valence-corrected chi connectivity index (χ4v) is 3.39. The molecule has 6 nitrogen and oxygen atoms in total. The molecule has 0 radical (unpaired) electrons. The number of amides is 2. The van der Waals surface area contributed by atoms with Gasteiger partial charge in [0.05, 0.1) is 17.3 Å². The topological polar surface area (TPSA) is 102 Å². The lowest BCUT2D eigenvalue weighted by Crippen LogP contribution is -2.23. The SMILES string of the molecule is CC(=C1CC(c2ccc(N)c(C(N)=O)n2)=CC=C1F)C1CCN(C)C1=O. The van der Waals surface area contributed by atoms with E-state index in [9.17, 15) is 14.0 Å². The molecule has 3 rings (SSSR count). The Balaban J connectivity index is 1.96. The molecule has 1 saturated heterocycles. The van der Waals surface area contributed by atoms with E-state index in [1.165, 1.54) is 6.08 Å². The predicted octanol–water partition coefficient (Wildman–Crippen LogP) is 2.20. The van der Waals surface area contributed by atoms with E-state index in [1.807, 2.05) is 0 Å². The number of halogens is 1. The molecule has 1 fully saturated rings. The summed E-state index contributed by atoms with van der Waals surface area (Å²) in [5.41, 5.74) is 13.7. The number of hydrogen-bond acceptors (Lipinski definition) is 4. The van der Waals surface area contributed by atoms with Gasteiger partial charge in [-0.2, -0.15) is 0 Å². The molecule has 1 atom stereocenters. The number of aromatic nitrogens is 1. The Labute approximate surface area is 151 Å². The number of pyridine rings is 1. The van der Waals surface area contributed by atoms with E-state index < -0.39 is 5.91 Å². The highest BCUT2D eigenvalue weighted by molar-refractivity contribution is 5.96. The van der Waals surface area contributed by atoms with Crippen LogP contribution in [0.1, 0.15) is 35.9 Å². The first-order chi connectivity index (χ1) is 12.3. The van der Waals surface area contributed by atoms with Crippen LogP contribution in [0.15, 0.2) is 41.3 Å². The molecule has 1 unspecified atom stereocenters. The Morgan fingerprint density at radius 2 is 2.08 bits per heavy atom. The third-order valence-corrected chi connectivity index (χ3v) is 5.00. The summed E-state index contributed by atoms with van der Waals surface area (Å²) in [6, 6.07) is 3.23. The van der Waals surface area contributed by atoms with Crippen LogP contribution in [0.4, 0.5) is 10.1 Å². The summed E-state index contributed by atoms with van der Waals surface area (Å²) in [5, 5.41) is 0. The van der Waals surface area contributed by atoms with E-state index in [0.29, 0.717) is 24.2 Å². The van der Waals surface area contributed by atoms with E-state index in [2.05, 4.69) is 4.98 Å². The summed E-state index contributed by atoms with van der Waals surface area (Å²) in [5.74, 6) is -1.34. The molecule has 2 heterocycles. The van der Waals surface area contributed by atoms with Crippen molar-refractivity contribution in [3.63, 3.8) is 0 Å². The third-order valence-electron chi connectivity index (χ3n) is 5.00. The van der Waals surface area contributed by atoms with Gasteiger partial charge in [0.25, 0.3) is 5.91 Å². The van der Waals surface area contributed by atoms with Gasteiger partial charge in [-0.3, -0.25) is 9.59 Å². The lowest BCUT2D eigenvalue weighted by atomic mass is 9.87. The molecule has 1 aliphatic heterocycles. The van der Waals surface area contributed by atoms with Gasteiger partial charge in [0.15, 0.2) is 5.69 Å².